The third-order valence-corrected chi connectivity index (χ3v) is 5.98. The van der Waals surface area contributed by atoms with Crippen LogP contribution in [-0.2, 0) is 11.3 Å². The molecule has 8 nitrogen and oxygen atoms in total. The molecule has 174 valence electrons. The van der Waals surface area contributed by atoms with Gasteiger partial charge < -0.3 is 23.9 Å². The van der Waals surface area contributed by atoms with Gasteiger partial charge in [-0.1, -0.05) is 0 Å². The van der Waals surface area contributed by atoms with Crippen molar-refractivity contribution in [1.82, 2.24) is 4.90 Å². The van der Waals surface area contributed by atoms with Crippen molar-refractivity contribution in [1.29, 1.82) is 0 Å². The first-order valence-corrected chi connectivity index (χ1v) is 10.9. The molecular weight excluding hydrogens is 424 g/mol. The monoisotopic (exact) mass is 452 g/mol. The summed E-state index contributed by atoms with van der Waals surface area (Å²) in [5.41, 5.74) is 1.09. The number of rotatable bonds is 7. The van der Waals surface area contributed by atoms with Crippen molar-refractivity contribution in [2.24, 2.45) is 5.92 Å². The fourth-order valence-electron chi connectivity index (χ4n) is 4.11. The quantitative estimate of drug-likeness (QED) is 0.547. The van der Waals surface area contributed by atoms with Gasteiger partial charge in [-0.3, -0.25) is 9.69 Å². The van der Waals surface area contributed by atoms with Gasteiger partial charge in [-0.25, -0.2) is 4.79 Å². The Balaban J connectivity index is 1.37. The summed E-state index contributed by atoms with van der Waals surface area (Å²) in [7, 11) is 4.82. The second-order valence-electron chi connectivity index (χ2n) is 8.11. The molecular formula is C25H28N2O6. The van der Waals surface area contributed by atoms with E-state index in [0.717, 1.165) is 36.7 Å². The highest BCUT2D eigenvalue weighted by Gasteiger charge is 2.26. The summed E-state index contributed by atoms with van der Waals surface area (Å²) in [5.74, 6) is 1.80. The van der Waals surface area contributed by atoms with Gasteiger partial charge in [-0.2, -0.15) is 0 Å². The number of hydrogen-bond donors (Lipinski definition) is 1. The number of ether oxygens (including phenoxy) is 3. The number of carbonyl (C=O) groups excluding carboxylic acids is 1. The van der Waals surface area contributed by atoms with Crippen molar-refractivity contribution in [2.75, 3.05) is 39.7 Å². The molecule has 0 spiro atoms. The van der Waals surface area contributed by atoms with E-state index in [2.05, 4.69) is 10.2 Å². The van der Waals surface area contributed by atoms with E-state index in [-0.39, 0.29) is 17.5 Å². The lowest BCUT2D eigenvalue weighted by Crippen LogP contribution is -2.38. The lowest BCUT2D eigenvalue weighted by atomic mass is 9.95. The fraction of sp³-hybridized carbons (Fsp3) is 0.360. The molecule has 1 amide bonds. The molecule has 0 unspecified atom stereocenters. The molecule has 0 atom stereocenters. The molecule has 4 rings (SSSR count). The van der Waals surface area contributed by atoms with E-state index in [9.17, 15) is 9.59 Å². The summed E-state index contributed by atoms with van der Waals surface area (Å²) >= 11 is 0. The van der Waals surface area contributed by atoms with Gasteiger partial charge in [0.2, 0.25) is 5.91 Å². The zero-order chi connectivity index (χ0) is 23.4. The van der Waals surface area contributed by atoms with Crippen molar-refractivity contribution in [3.8, 4) is 17.2 Å². The number of piperidine rings is 1. The molecule has 1 aliphatic heterocycles. The first kappa shape index (κ1) is 22.7. The highest BCUT2D eigenvalue weighted by Crippen LogP contribution is 2.26. The molecule has 1 aliphatic rings. The van der Waals surface area contributed by atoms with Crippen molar-refractivity contribution in [3.05, 3.63) is 58.4 Å². The van der Waals surface area contributed by atoms with E-state index in [4.69, 9.17) is 18.6 Å². The van der Waals surface area contributed by atoms with Crippen LogP contribution in [0.1, 0.15) is 18.4 Å². The molecule has 1 saturated heterocycles. The minimum atomic E-state index is -0.575. The van der Waals surface area contributed by atoms with Crippen molar-refractivity contribution in [3.63, 3.8) is 0 Å². The summed E-state index contributed by atoms with van der Waals surface area (Å²) in [6, 6.07) is 12.7. The highest BCUT2D eigenvalue weighted by molar-refractivity contribution is 5.94. The summed E-state index contributed by atoms with van der Waals surface area (Å²) in [6.45, 7) is 2.31. The van der Waals surface area contributed by atoms with E-state index >= 15 is 0 Å². The highest BCUT2D eigenvalue weighted by atomic mass is 16.5. The Hall–Kier alpha value is -3.52. The van der Waals surface area contributed by atoms with Crippen LogP contribution in [-0.4, -0.2) is 45.2 Å². The second-order valence-corrected chi connectivity index (χ2v) is 8.11. The number of nitrogens with zero attached hydrogens (tertiary/aromatic N) is 1. The number of benzene rings is 2. The Morgan fingerprint density at radius 1 is 0.970 bits per heavy atom. The maximum Gasteiger partial charge on any atom is 0.360 e. The Bertz CT molecular complexity index is 1170. The molecule has 8 heteroatoms. The predicted molar refractivity (Wildman–Crippen MR) is 125 cm³/mol. The van der Waals surface area contributed by atoms with E-state index in [1.807, 2.05) is 18.2 Å². The third-order valence-electron chi connectivity index (χ3n) is 5.98. The topological polar surface area (TPSA) is 90.2 Å². The third kappa shape index (κ3) is 5.28. The smallest absolute Gasteiger partial charge is 0.360 e. The zero-order valence-electron chi connectivity index (χ0n) is 19.1. The van der Waals surface area contributed by atoms with Gasteiger partial charge in [0.25, 0.3) is 0 Å². The van der Waals surface area contributed by atoms with Crippen LogP contribution in [0.25, 0.3) is 11.0 Å². The minimum Gasteiger partial charge on any atom is -0.497 e. The number of carbonyl (C=O) groups is 1. The average Bonchev–Trinajstić information content (AvgIpc) is 2.84. The molecule has 0 bridgehead atoms. The van der Waals surface area contributed by atoms with Gasteiger partial charge in [0, 0.05) is 30.0 Å². The van der Waals surface area contributed by atoms with E-state index in [0.29, 0.717) is 29.6 Å². The molecule has 1 N–H and O–H groups in total. The van der Waals surface area contributed by atoms with Crippen molar-refractivity contribution in [2.45, 2.75) is 19.4 Å². The molecule has 33 heavy (non-hydrogen) atoms. The van der Waals surface area contributed by atoms with Crippen LogP contribution in [0.15, 0.2) is 51.7 Å². The maximum atomic E-state index is 12.8. The van der Waals surface area contributed by atoms with Crippen LogP contribution in [0.5, 0.6) is 17.2 Å². The standard InChI is InChI=1S/C25H28N2O6/c1-30-19-5-4-18-12-22(25(29)33-23(18)14-19)26-24(28)17-6-8-27(9-7-17)15-16-10-20(31-2)13-21(11-16)32-3/h4-5,10-14,17H,6-9,15H2,1-3H3,(H,26,28). The zero-order valence-corrected chi connectivity index (χ0v) is 19.1. The molecule has 0 saturated carbocycles. The number of methoxy groups -OCH3 is 3. The average molecular weight is 453 g/mol. The SMILES string of the molecule is COc1cc(CN2CCC(C(=O)Nc3cc4ccc(OC)cc4oc3=O)CC2)cc(OC)c1. The minimum absolute atomic E-state index is 0.155. The van der Waals surface area contributed by atoms with Crippen LogP contribution in [0.4, 0.5) is 5.69 Å². The van der Waals surface area contributed by atoms with Crippen LogP contribution in [0.2, 0.25) is 0 Å². The van der Waals surface area contributed by atoms with Gasteiger partial charge >= 0.3 is 5.63 Å². The van der Waals surface area contributed by atoms with Crippen LogP contribution in [0.3, 0.4) is 0 Å². The summed E-state index contributed by atoms with van der Waals surface area (Å²) < 4.78 is 21.2. The molecule has 2 aromatic carbocycles. The lowest BCUT2D eigenvalue weighted by Gasteiger charge is -2.31. The van der Waals surface area contributed by atoms with Gasteiger partial charge in [0.05, 0.1) is 21.3 Å². The van der Waals surface area contributed by atoms with E-state index < -0.39 is 5.63 Å². The summed E-state index contributed by atoms with van der Waals surface area (Å²) in [6.07, 6.45) is 1.42. The number of amides is 1. The van der Waals surface area contributed by atoms with E-state index in [1.54, 1.807) is 45.6 Å². The molecule has 1 fully saturated rings. The Labute approximate surface area is 192 Å². The van der Waals surface area contributed by atoms with Gasteiger partial charge in [0.1, 0.15) is 28.5 Å². The number of nitrogens with one attached hydrogen (secondary N) is 1. The number of anilines is 1. The van der Waals surface area contributed by atoms with Gasteiger partial charge in [0.15, 0.2) is 0 Å². The van der Waals surface area contributed by atoms with Crippen molar-refractivity contribution < 1.29 is 23.4 Å². The first-order chi connectivity index (χ1) is 16.0. The molecule has 0 aliphatic carbocycles. The van der Waals surface area contributed by atoms with Crippen molar-refractivity contribution >= 4 is 22.6 Å². The lowest BCUT2D eigenvalue weighted by molar-refractivity contribution is -0.121. The molecule has 3 aromatic rings. The molecule has 2 heterocycles. The van der Waals surface area contributed by atoms with Crippen LogP contribution in [0, 0.1) is 5.92 Å². The Kier molecular flexibility index (Phi) is 6.84. The first-order valence-electron chi connectivity index (χ1n) is 10.9. The van der Waals surface area contributed by atoms with Gasteiger partial charge in [-0.15, -0.1) is 0 Å². The number of fused-ring (bicyclic) bond motifs is 1. The number of hydrogen-bond acceptors (Lipinski definition) is 7. The van der Waals surface area contributed by atoms with E-state index in [1.165, 1.54) is 0 Å². The fourth-order valence-corrected chi connectivity index (χ4v) is 4.11. The Morgan fingerprint density at radius 2 is 1.64 bits per heavy atom. The largest absolute Gasteiger partial charge is 0.497 e. The summed E-state index contributed by atoms with van der Waals surface area (Å²) in [5, 5.41) is 3.48. The number of likely N-dealkylation sites (tertiary alicyclic amines) is 1. The second kappa shape index (κ2) is 9.95. The molecule has 1 aromatic heterocycles. The maximum absolute atomic E-state index is 12.8. The van der Waals surface area contributed by atoms with Crippen LogP contribution < -0.4 is 25.2 Å². The molecule has 0 radical (unpaired) electrons. The Morgan fingerprint density at radius 3 is 2.27 bits per heavy atom. The predicted octanol–water partition coefficient (Wildman–Crippen LogP) is 3.67. The van der Waals surface area contributed by atoms with Gasteiger partial charge in [-0.05, 0) is 61.8 Å². The summed E-state index contributed by atoms with van der Waals surface area (Å²) in [4.78, 5) is 27.5. The normalized spacial score (nSPS) is 14.8. The van der Waals surface area contributed by atoms with Crippen LogP contribution >= 0.6 is 0 Å².